The SMILES string of the molecule is CCCCC(NC(N)=O)C(=O)NCC(C)(NC(=O)CC1CCC(=O)NC1=O)C1CC1. The number of nitrogens with one attached hydrogen (secondary N) is 4. The third kappa shape index (κ3) is 7.00. The Morgan fingerprint density at radius 2 is 1.93 bits per heavy atom. The lowest BCUT2D eigenvalue weighted by Gasteiger charge is -2.33. The van der Waals surface area contributed by atoms with Crippen LogP contribution in [0.25, 0.3) is 0 Å². The van der Waals surface area contributed by atoms with E-state index in [2.05, 4.69) is 21.3 Å². The van der Waals surface area contributed by atoms with Crippen LogP contribution in [0, 0.1) is 11.8 Å². The van der Waals surface area contributed by atoms with E-state index in [9.17, 15) is 24.0 Å². The Morgan fingerprint density at radius 3 is 2.50 bits per heavy atom. The topological polar surface area (TPSA) is 159 Å². The molecule has 2 rings (SSSR count). The molecule has 0 aromatic rings. The molecular weight excluding hydrogens is 390 g/mol. The molecule has 3 unspecified atom stereocenters. The summed E-state index contributed by atoms with van der Waals surface area (Å²) in [5.74, 6) is -1.66. The number of hydrogen-bond donors (Lipinski definition) is 5. The molecule has 30 heavy (non-hydrogen) atoms. The highest BCUT2D eigenvalue weighted by atomic mass is 16.2. The van der Waals surface area contributed by atoms with Gasteiger partial charge in [-0.25, -0.2) is 4.79 Å². The van der Waals surface area contributed by atoms with E-state index in [0.717, 1.165) is 25.7 Å². The smallest absolute Gasteiger partial charge is 0.312 e. The van der Waals surface area contributed by atoms with Gasteiger partial charge in [0.15, 0.2) is 0 Å². The second-order valence-electron chi connectivity index (χ2n) is 8.51. The molecule has 1 heterocycles. The van der Waals surface area contributed by atoms with Gasteiger partial charge in [-0.05, 0) is 38.5 Å². The molecule has 2 aliphatic rings. The van der Waals surface area contributed by atoms with Crippen LogP contribution in [-0.2, 0) is 19.2 Å². The molecule has 3 atom stereocenters. The van der Waals surface area contributed by atoms with E-state index in [1.807, 2.05) is 13.8 Å². The Labute approximate surface area is 176 Å². The molecule has 168 valence electrons. The summed E-state index contributed by atoms with van der Waals surface area (Å²) in [6.45, 7) is 4.07. The highest BCUT2D eigenvalue weighted by molar-refractivity contribution is 6.00. The number of amides is 6. The minimum absolute atomic E-state index is 0.00226. The van der Waals surface area contributed by atoms with Crippen molar-refractivity contribution in [3.8, 4) is 0 Å². The van der Waals surface area contributed by atoms with Crippen molar-refractivity contribution in [1.82, 2.24) is 21.3 Å². The maximum atomic E-state index is 12.6. The van der Waals surface area contributed by atoms with E-state index in [-0.39, 0.29) is 43.0 Å². The Balaban J connectivity index is 1.92. The van der Waals surface area contributed by atoms with Crippen LogP contribution in [0.1, 0.15) is 65.2 Å². The fraction of sp³-hybridized carbons (Fsp3) is 0.750. The Morgan fingerprint density at radius 1 is 1.23 bits per heavy atom. The molecule has 10 heteroatoms. The van der Waals surface area contributed by atoms with Crippen molar-refractivity contribution in [2.45, 2.75) is 76.8 Å². The van der Waals surface area contributed by atoms with Gasteiger partial charge in [0, 0.05) is 25.3 Å². The maximum absolute atomic E-state index is 12.6. The number of carbonyl (C=O) groups is 5. The molecule has 1 aliphatic carbocycles. The van der Waals surface area contributed by atoms with E-state index in [1.165, 1.54) is 0 Å². The molecule has 0 aromatic heterocycles. The third-order valence-corrected chi connectivity index (χ3v) is 5.80. The summed E-state index contributed by atoms with van der Waals surface area (Å²) < 4.78 is 0. The number of imide groups is 1. The van der Waals surface area contributed by atoms with Crippen molar-refractivity contribution in [2.75, 3.05) is 6.54 Å². The number of nitrogens with two attached hydrogens (primary N) is 1. The lowest BCUT2D eigenvalue weighted by molar-refractivity contribution is -0.139. The highest BCUT2D eigenvalue weighted by Crippen LogP contribution is 2.39. The van der Waals surface area contributed by atoms with Gasteiger partial charge in [0.1, 0.15) is 6.04 Å². The zero-order valence-corrected chi connectivity index (χ0v) is 17.7. The van der Waals surface area contributed by atoms with Crippen LogP contribution >= 0.6 is 0 Å². The first-order valence-electron chi connectivity index (χ1n) is 10.6. The molecule has 0 spiro atoms. The summed E-state index contributed by atoms with van der Waals surface area (Å²) in [5, 5.41) is 10.5. The Kier molecular flexibility index (Phi) is 8.19. The number of primary amides is 1. The minimum atomic E-state index is -0.756. The highest BCUT2D eigenvalue weighted by Gasteiger charge is 2.43. The summed E-state index contributed by atoms with van der Waals surface area (Å²) in [6, 6.07) is -1.47. The van der Waals surface area contributed by atoms with Crippen LogP contribution in [0.4, 0.5) is 4.79 Å². The Hall–Kier alpha value is -2.65. The lowest BCUT2D eigenvalue weighted by Crippen LogP contribution is -2.58. The van der Waals surface area contributed by atoms with E-state index in [4.69, 9.17) is 5.73 Å². The zero-order chi connectivity index (χ0) is 22.3. The third-order valence-electron chi connectivity index (χ3n) is 5.80. The Bertz CT molecular complexity index is 693. The summed E-state index contributed by atoms with van der Waals surface area (Å²) in [5.41, 5.74) is 4.52. The predicted octanol–water partition coefficient (Wildman–Crippen LogP) is 0.0575. The van der Waals surface area contributed by atoms with Crippen LogP contribution in [0.3, 0.4) is 0 Å². The summed E-state index contributed by atoms with van der Waals surface area (Å²) in [4.78, 5) is 59.5. The molecule has 2 fully saturated rings. The number of hydrogen-bond acceptors (Lipinski definition) is 5. The summed E-state index contributed by atoms with van der Waals surface area (Å²) >= 11 is 0. The van der Waals surface area contributed by atoms with Crippen LogP contribution in [0.15, 0.2) is 0 Å². The number of urea groups is 1. The largest absolute Gasteiger partial charge is 0.352 e. The fourth-order valence-electron chi connectivity index (χ4n) is 3.78. The molecule has 0 bridgehead atoms. The molecule has 1 aliphatic heterocycles. The molecule has 6 N–H and O–H groups in total. The summed E-state index contributed by atoms with van der Waals surface area (Å²) in [6.07, 6.45) is 4.57. The minimum Gasteiger partial charge on any atom is -0.352 e. The van der Waals surface area contributed by atoms with Crippen molar-refractivity contribution in [1.29, 1.82) is 0 Å². The molecule has 1 saturated carbocycles. The second kappa shape index (κ2) is 10.4. The van der Waals surface area contributed by atoms with E-state index in [0.29, 0.717) is 12.8 Å². The van der Waals surface area contributed by atoms with E-state index < -0.39 is 29.4 Å². The predicted molar refractivity (Wildman–Crippen MR) is 109 cm³/mol. The van der Waals surface area contributed by atoms with Gasteiger partial charge >= 0.3 is 6.03 Å². The second-order valence-corrected chi connectivity index (χ2v) is 8.51. The van der Waals surface area contributed by atoms with Gasteiger partial charge in [-0.15, -0.1) is 0 Å². The van der Waals surface area contributed by atoms with Crippen molar-refractivity contribution in [3.05, 3.63) is 0 Å². The van der Waals surface area contributed by atoms with E-state index >= 15 is 0 Å². The standard InChI is InChI=1S/C20H33N5O5/c1-3-4-5-14(23-19(21)30)18(29)22-11-20(2,13-7-8-13)25-16(27)10-12-6-9-15(26)24-17(12)28/h12-14H,3-11H2,1-2H3,(H,22,29)(H,25,27)(H3,21,23,30)(H,24,26,28). The molecule has 10 nitrogen and oxygen atoms in total. The normalized spacial score (nSPS) is 21.7. The van der Waals surface area contributed by atoms with Gasteiger partial charge in [-0.1, -0.05) is 19.8 Å². The monoisotopic (exact) mass is 423 g/mol. The van der Waals surface area contributed by atoms with Crippen LogP contribution in [0.5, 0.6) is 0 Å². The fourth-order valence-corrected chi connectivity index (χ4v) is 3.78. The molecule has 0 radical (unpaired) electrons. The first kappa shape index (κ1) is 23.6. The number of carbonyl (C=O) groups excluding carboxylic acids is 5. The van der Waals surface area contributed by atoms with Crippen molar-refractivity contribution in [3.63, 3.8) is 0 Å². The number of rotatable bonds is 11. The van der Waals surface area contributed by atoms with E-state index in [1.54, 1.807) is 0 Å². The van der Waals surface area contributed by atoms with Gasteiger partial charge in [0.05, 0.1) is 5.54 Å². The van der Waals surface area contributed by atoms with Crippen LogP contribution in [0.2, 0.25) is 0 Å². The van der Waals surface area contributed by atoms with Gasteiger partial charge < -0.3 is 21.7 Å². The zero-order valence-electron chi connectivity index (χ0n) is 17.7. The van der Waals surface area contributed by atoms with Crippen molar-refractivity contribution >= 4 is 29.7 Å². The van der Waals surface area contributed by atoms with Gasteiger partial charge in [0.25, 0.3) is 0 Å². The average Bonchev–Trinajstić information content (AvgIpc) is 3.51. The van der Waals surface area contributed by atoms with Gasteiger partial charge in [0.2, 0.25) is 23.6 Å². The first-order chi connectivity index (χ1) is 14.1. The van der Waals surface area contributed by atoms with Crippen LogP contribution in [-0.4, -0.2) is 47.8 Å². The molecule has 0 aromatic carbocycles. The number of unbranched alkanes of at least 4 members (excludes halogenated alkanes) is 1. The first-order valence-corrected chi connectivity index (χ1v) is 10.6. The quantitative estimate of drug-likeness (QED) is 0.297. The summed E-state index contributed by atoms with van der Waals surface area (Å²) in [7, 11) is 0. The maximum Gasteiger partial charge on any atom is 0.312 e. The molecule has 1 saturated heterocycles. The van der Waals surface area contributed by atoms with Gasteiger partial charge in [-0.3, -0.25) is 24.5 Å². The van der Waals surface area contributed by atoms with Crippen molar-refractivity contribution in [2.24, 2.45) is 17.6 Å². The molecule has 6 amide bonds. The molecular formula is C20H33N5O5. The van der Waals surface area contributed by atoms with Gasteiger partial charge in [-0.2, -0.15) is 0 Å². The number of piperidine rings is 1. The lowest BCUT2D eigenvalue weighted by atomic mass is 9.91. The van der Waals surface area contributed by atoms with Crippen molar-refractivity contribution < 1.29 is 24.0 Å². The van der Waals surface area contributed by atoms with Crippen LogP contribution < -0.4 is 27.0 Å². The average molecular weight is 424 g/mol.